The molecule has 22 heavy (non-hydrogen) atoms. The average Bonchev–Trinajstić information content (AvgIpc) is 2.53. The van der Waals surface area contributed by atoms with Crippen molar-refractivity contribution < 1.29 is 14.2 Å². The highest BCUT2D eigenvalue weighted by Crippen LogP contribution is 2.30. The van der Waals surface area contributed by atoms with Crippen molar-refractivity contribution in [2.75, 3.05) is 27.4 Å². The van der Waals surface area contributed by atoms with Gasteiger partial charge in [0.15, 0.2) is 5.79 Å². The van der Waals surface area contributed by atoms with E-state index in [9.17, 15) is 0 Å². The molecule has 0 spiro atoms. The molecule has 0 aromatic heterocycles. The molecule has 2 atom stereocenters. The molecule has 1 fully saturated rings. The summed E-state index contributed by atoms with van der Waals surface area (Å²) in [5.74, 6) is 0.250. The van der Waals surface area contributed by atoms with Gasteiger partial charge in [-0.15, -0.1) is 0 Å². The third-order valence-corrected chi connectivity index (χ3v) is 6.53. The topological polar surface area (TPSA) is 53.7 Å². The Labute approximate surface area is 139 Å². The Morgan fingerprint density at radius 2 is 1.95 bits per heavy atom. The van der Waals surface area contributed by atoms with Gasteiger partial charge in [0, 0.05) is 49.1 Å². The molecule has 1 saturated heterocycles. The van der Waals surface area contributed by atoms with Gasteiger partial charge >= 0.3 is 0 Å². The molecule has 132 valence electrons. The van der Waals surface area contributed by atoms with Crippen molar-refractivity contribution in [3.8, 4) is 0 Å². The largest absolute Gasteiger partial charge is 0.380 e. The van der Waals surface area contributed by atoms with E-state index in [4.69, 9.17) is 19.9 Å². The van der Waals surface area contributed by atoms with Crippen molar-refractivity contribution in [3.63, 3.8) is 0 Å². The zero-order valence-corrected chi connectivity index (χ0v) is 17.2. The zero-order chi connectivity index (χ0) is 16.5. The Balaban J connectivity index is 2.25. The summed E-state index contributed by atoms with van der Waals surface area (Å²) < 4.78 is 17.2. The number of hydrogen-bond acceptors (Lipinski definition) is 4. The van der Waals surface area contributed by atoms with Crippen LogP contribution < -0.4 is 5.73 Å². The van der Waals surface area contributed by atoms with E-state index in [-0.39, 0.29) is 5.22 Å². The molecular weight excluding hydrogens is 294 g/mol. The predicted octanol–water partition coefficient (Wildman–Crippen LogP) is 2.17. The average molecular weight is 332 g/mol. The summed E-state index contributed by atoms with van der Waals surface area (Å²) in [7, 11) is 4.59. The fourth-order valence-electron chi connectivity index (χ4n) is 3.44. The van der Waals surface area contributed by atoms with Crippen molar-refractivity contribution in [1.29, 1.82) is 0 Å². The van der Waals surface area contributed by atoms with E-state index >= 15 is 0 Å². The van der Waals surface area contributed by atoms with Crippen molar-refractivity contribution in [1.82, 2.24) is 0 Å². The molecule has 1 heterocycles. The minimum Gasteiger partial charge on any atom is -0.380 e. The number of methoxy groups -OCH3 is 2. The molecule has 0 aliphatic carbocycles. The summed E-state index contributed by atoms with van der Waals surface area (Å²) in [5, 5.41) is 0.259. The van der Waals surface area contributed by atoms with Gasteiger partial charge in [0.25, 0.3) is 0 Å². The molecule has 0 aromatic carbocycles. The molecule has 0 aromatic rings. The second-order valence-corrected chi connectivity index (χ2v) is 8.97. The van der Waals surface area contributed by atoms with Crippen LogP contribution in [0, 0.1) is 5.92 Å². The SMILES string of the molecule is COC(CCN)(CCCC(C)CCC1([SiH3])CCCCO1)OC. The van der Waals surface area contributed by atoms with E-state index in [1.54, 1.807) is 14.2 Å². The highest BCUT2D eigenvalue weighted by atomic mass is 28.1. The minimum atomic E-state index is -0.486. The predicted molar refractivity (Wildman–Crippen MR) is 95.1 cm³/mol. The van der Waals surface area contributed by atoms with E-state index in [0.29, 0.717) is 6.54 Å². The van der Waals surface area contributed by atoms with Crippen LogP contribution in [-0.4, -0.2) is 48.6 Å². The van der Waals surface area contributed by atoms with Crippen LogP contribution in [0.1, 0.15) is 64.7 Å². The van der Waals surface area contributed by atoms with Crippen LogP contribution in [0.15, 0.2) is 0 Å². The molecule has 2 unspecified atom stereocenters. The lowest BCUT2D eigenvalue weighted by molar-refractivity contribution is -0.214. The van der Waals surface area contributed by atoms with Crippen LogP contribution in [0.2, 0.25) is 0 Å². The maximum atomic E-state index is 6.05. The summed E-state index contributed by atoms with van der Waals surface area (Å²) in [4.78, 5) is 0. The Morgan fingerprint density at radius 3 is 2.50 bits per heavy atom. The summed E-state index contributed by atoms with van der Waals surface area (Å²) in [6.07, 6.45) is 10.4. The highest BCUT2D eigenvalue weighted by Gasteiger charge is 2.29. The van der Waals surface area contributed by atoms with Crippen molar-refractivity contribution in [3.05, 3.63) is 0 Å². The van der Waals surface area contributed by atoms with Gasteiger partial charge in [0.05, 0.1) is 0 Å². The number of nitrogens with two attached hydrogens (primary N) is 1. The van der Waals surface area contributed by atoms with Gasteiger partial charge in [-0.3, -0.25) is 0 Å². The van der Waals surface area contributed by atoms with Gasteiger partial charge in [-0.05, 0) is 51.0 Å². The molecule has 1 rings (SSSR count). The molecular formula is C17H37NO3Si. The first-order valence-electron chi connectivity index (χ1n) is 8.93. The third-order valence-electron chi connectivity index (χ3n) is 5.24. The monoisotopic (exact) mass is 331 g/mol. The van der Waals surface area contributed by atoms with E-state index in [1.807, 2.05) is 0 Å². The van der Waals surface area contributed by atoms with Crippen LogP contribution >= 0.6 is 0 Å². The van der Waals surface area contributed by atoms with Gasteiger partial charge < -0.3 is 19.9 Å². The Bertz CT molecular complexity index is 292. The van der Waals surface area contributed by atoms with Gasteiger partial charge in [-0.2, -0.15) is 0 Å². The van der Waals surface area contributed by atoms with Gasteiger partial charge in [0.2, 0.25) is 0 Å². The smallest absolute Gasteiger partial charge is 0.168 e. The van der Waals surface area contributed by atoms with Crippen LogP contribution in [0.25, 0.3) is 0 Å². The molecule has 0 saturated carbocycles. The Kier molecular flexibility index (Phi) is 9.17. The van der Waals surface area contributed by atoms with E-state index < -0.39 is 5.79 Å². The van der Waals surface area contributed by atoms with E-state index in [0.717, 1.165) is 42.0 Å². The maximum Gasteiger partial charge on any atom is 0.168 e. The van der Waals surface area contributed by atoms with Gasteiger partial charge in [0.1, 0.15) is 0 Å². The standard InChI is InChI=1S/C17H37NO3Si/c1-15(8-11-17(22)10-4-5-14-21-17)7-6-9-16(19-2,20-3)12-13-18/h15H,4-14,18H2,1-3,22H3. The lowest BCUT2D eigenvalue weighted by atomic mass is 9.93. The fourth-order valence-corrected chi connectivity index (χ4v) is 4.29. The summed E-state index contributed by atoms with van der Waals surface area (Å²) in [6, 6.07) is 0. The molecule has 0 bridgehead atoms. The quantitative estimate of drug-likeness (QED) is 0.466. The van der Waals surface area contributed by atoms with Crippen LogP contribution in [0.5, 0.6) is 0 Å². The number of rotatable bonds is 11. The molecule has 2 N–H and O–H groups in total. The minimum absolute atomic E-state index is 0.259. The van der Waals surface area contributed by atoms with Crippen molar-refractivity contribution >= 4 is 10.2 Å². The fraction of sp³-hybridized carbons (Fsp3) is 1.00. The van der Waals surface area contributed by atoms with Gasteiger partial charge in [-0.25, -0.2) is 0 Å². The summed E-state index contributed by atoms with van der Waals surface area (Å²) in [6.45, 7) is 3.93. The first kappa shape index (κ1) is 20.1. The molecule has 1 aliphatic rings. The van der Waals surface area contributed by atoms with Crippen molar-refractivity contribution in [2.24, 2.45) is 11.7 Å². The first-order chi connectivity index (χ1) is 10.5. The normalized spacial score (nSPS) is 24.5. The van der Waals surface area contributed by atoms with Crippen LogP contribution in [0.3, 0.4) is 0 Å². The van der Waals surface area contributed by atoms with E-state index in [1.165, 1.54) is 38.5 Å². The molecule has 0 amide bonds. The number of ether oxygens (including phenoxy) is 3. The molecule has 0 radical (unpaired) electrons. The highest BCUT2D eigenvalue weighted by molar-refractivity contribution is 6.14. The number of hydrogen-bond donors (Lipinski definition) is 1. The molecule has 1 aliphatic heterocycles. The van der Waals surface area contributed by atoms with Crippen LogP contribution in [-0.2, 0) is 14.2 Å². The maximum absolute atomic E-state index is 6.05. The van der Waals surface area contributed by atoms with Gasteiger partial charge in [-0.1, -0.05) is 13.3 Å². The second kappa shape index (κ2) is 10.0. The third kappa shape index (κ3) is 6.67. The lowest BCUT2D eigenvalue weighted by Crippen LogP contribution is -2.37. The first-order valence-corrected chi connectivity index (χ1v) is 9.93. The summed E-state index contributed by atoms with van der Waals surface area (Å²) in [5.41, 5.74) is 5.67. The Morgan fingerprint density at radius 1 is 1.23 bits per heavy atom. The van der Waals surface area contributed by atoms with E-state index in [2.05, 4.69) is 6.92 Å². The second-order valence-electron chi connectivity index (χ2n) is 7.15. The van der Waals surface area contributed by atoms with Crippen molar-refractivity contribution in [2.45, 2.75) is 75.7 Å². The zero-order valence-electron chi connectivity index (χ0n) is 15.2. The van der Waals surface area contributed by atoms with Crippen LogP contribution in [0.4, 0.5) is 0 Å². The summed E-state index contributed by atoms with van der Waals surface area (Å²) >= 11 is 0. The molecule has 5 heteroatoms. The molecule has 4 nitrogen and oxygen atoms in total. The Hall–Kier alpha value is 0.0569. The lowest BCUT2D eigenvalue weighted by Gasteiger charge is -2.35.